The Labute approximate surface area is 330 Å². The molecule has 0 amide bonds. The molecule has 0 fully saturated rings. The fourth-order valence-electron chi connectivity index (χ4n) is 8.61. The summed E-state index contributed by atoms with van der Waals surface area (Å²) in [6.07, 6.45) is -4.89. The van der Waals surface area contributed by atoms with Crippen LogP contribution in [-0.2, 0) is 6.18 Å². The van der Waals surface area contributed by atoms with E-state index in [1.807, 2.05) is 135 Å². The SMILES string of the molecule is Cc1cccc(-c2ccc3c4ccccc4n(-c4cc(-c5cc(F)cc(F)c5)cc(-n5c6ccccc6c6ccc(-c7cccc(C)c7)cc65)c4C(F)(F)F)c3c2)c1. The summed E-state index contributed by atoms with van der Waals surface area (Å²) in [5.41, 5.74) is 6.96. The van der Waals surface area contributed by atoms with Gasteiger partial charge < -0.3 is 9.13 Å². The summed E-state index contributed by atoms with van der Waals surface area (Å²) < 4.78 is 82.5. The molecule has 0 N–H and O–H groups in total. The predicted octanol–water partition coefficient (Wildman–Crippen LogP) is 14.8. The van der Waals surface area contributed by atoms with Gasteiger partial charge >= 0.3 is 6.18 Å². The number of fused-ring (bicyclic) bond motifs is 6. The van der Waals surface area contributed by atoms with Gasteiger partial charge in [-0.2, -0.15) is 13.2 Å². The Balaban J connectivity index is 1.38. The molecule has 0 unspecified atom stereocenters. The maximum atomic E-state index is 16.4. The Morgan fingerprint density at radius 2 is 0.776 bits per heavy atom. The zero-order valence-corrected chi connectivity index (χ0v) is 31.4. The third-order valence-corrected chi connectivity index (χ3v) is 11.1. The van der Waals surface area contributed by atoms with E-state index in [0.717, 1.165) is 73.1 Å². The van der Waals surface area contributed by atoms with E-state index in [-0.39, 0.29) is 22.5 Å². The monoisotopic (exact) mass is 768 g/mol. The minimum atomic E-state index is -4.89. The van der Waals surface area contributed by atoms with Crippen molar-refractivity contribution in [3.63, 3.8) is 0 Å². The molecule has 10 aromatic rings. The molecule has 8 aromatic carbocycles. The number of halogens is 5. The van der Waals surface area contributed by atoms with Gasteiger partial charge in [0.15, 0.2) is 0 Å². The van der Waals surface area contributed by atoms with Gasteiger partial charge in [0, 0.05) is 27.6 Å². The van der Waals surface area contributed by atoms with E-state index in [0.29, 0.717) is 22.1 Å². The van der Waals surface area contributed by atoms with Crippen molar-refractivity contribution in [2.24, 2.45) is 0 Å². The van der Waals surface area contributed by atoms with Gasteiger partial charge in [-0.25, -0.2) is 8.78 Å². The maximum absolute atomic E-state index is 16.4. The van der Waals surface area contributed by atoms with Gasteiger partial charge in [0.2, 0.25) is 0 Å². The number of para-hydroxylation sites is 2. The molecule has 58 heavy (non-hydrogen) atoms. The molecule has 0 radical (unpaired) electrons. The van der Waals surface area contributed by atoms with E-state index in [1.54, 1.807) is 21.3 Å². The fraction of sp³-hybridized carbons (Fsp3) is 0.0588. The highest BCUT2D eigenvalue weighted by molar-refractivity contribution is 6.12. The number of aryl methyl sites for hydroxylation is 2. The first kappa shape index (κ1) is 35.4. The number of hydrogen-bond acceptors (Lipinski definition) is 0. The zero-order chi connectivity index (χ0) is 39.9. The van der Waals surface area contributed by atoms with Gasteiger partial charge in [-0.3, -0.25) is 0 Å². The summed E-state index contributed by atoms with van der Waals surface area (Å²) in [4.78, 5) is 0. The van der Waals surface area contributed by atoms with E-state index < -0.39 is 23.4 Å². The molecule has 0 saturated heterocycles. The number of rotatable bonds is 5. The molecule has 2 heterocycles. The number of aromatic nitrogens is 2. The number of benzene rings is 8. The van der Waals surface area contributed by atoms with Crippen LogP contribution >= 0.6 is 0 Å². The van der Waals surface area contributed by atoms with Crippen LogP contribution in [-0.4, -0.2) is 9.13 Å². The van der Waals surface area contributed by atoms with Crippen LogP contribution in [0.25, 0.3) is 88.4 Å². The Morgan fingerprint density at radius 1 is 0.362 bits per heavy atom. The second kappa shape index (κ2) is 13.3. The lowest BCUT2D eigenvalue weighted by Gasteiger charge is -2.23. The van der Waals surface area contributed by atoms with Crippen molar-refractivity contribution >= 4 is 43.6 Å². The molecule has 2 aromatic heterocycles. The van der Waals surface area contributed by atoms with Crippen LogP contribution in [0, 0.1) is 25.5 Å². The highest BCUT2D eigenvalue weighted by Gasteiger charge is 2.39. The van der Waals surface area contributed by atoms with E-state index in [1.165, 1.54) is 12.1 Å². The predicted molar refractivity (Wildman–Crippen MR) is 226 cm³/mol. The van der Waals surface area contributed by atoms with Gasteiger partial charge in [0.25, 0.3) is 0 Å². The van der Waals surface area contributed by atoms with Crippen LogP contribution in [0.2, 0.25) is 0 Å². The molecule has 0 aliphatic rings. The second-order valence-corrected chi connectivity index (χ2v) is 15.0. The van der Waals surface area contributed by atoms with Crippen LogP contribution in [0.5, 0.6) is 0 Å². The van der Waals surface area contributed by atoms with Crippen molar-refractivity contribution in [3.8, 4) is 44.8 Å². The lowest BCUT2D eigenvalue weighted by Crippen LogP contribution is -2.16. The third-order valence-electron chi connectivity index (χ3n) is 11.1. The minimum absolute atomic E-state index is 0.108. The van der Waals surface area contributed by atoms with Crippen LogP contribution in [0.15, 0.2) is 164 Å². The van der Waals surface area contributed by atoms with Crippen LogP contribution in [0.1, 0.15) is 16.7 Å². The maximum Gasteiger partial charge on any atom is 0.420 e. The molecule has 0 bridgehead atoms. The first-order valence-corrected chi connectivity index (χ1v) is 18.9. The van der Waals surface area contributed by atoms with Crippen molar-refractivity contribution in [3.05, 3.63) is 192 Å². The Kier molecular flexibility index (Phi) is 8.13. The van der Waals surface area contributed by atoms with E-state index >= 15 is 22.0 Å². The first-order valence-electron chi connectivity index (χ1n) is 18.9. The van der Waals surface area contributed by atoms with Crippen LogP contribution in [0.4, 0.5) is 22.0 Å². The molecular formula is C51H33F5N2. The Bertz CT molecular complexity index is 3070. The minimum Gasteiger partial charge on any atom is -0.309 e. The summed E-state index contributed by atoms with van der Waals surface area (Å²) in [5, 5.41) is 3.07. The van der Waals surface area contributed by atoms with Crippen molar-refractivity contribution in [1.82, 2.24) is 9.13 Å². The van der Waals surface area contributed by atoms with Gasteiger partial charge in [0.05, 0.1) is 33.4 Å². The first-order chi connectivity index (χ1) is 28.0. The standard InChI is InChI=1S/C51H33F5N2/c1-30-9-7-11-32(21-30)34-17-19-42-40-13-3-5-15-44(40)57(46(42)25-34)48-27-37(36-23-38(52)29-39(53)24-36)28-49(50(48)51(54,55)56)58-45-16-6-4-14-41(45)43-20-18-35(26-47(43)58)33-12-8-10-31(2)22-33/h3-29H,1-2H3. The van der Waals surface area contributed by atoms with Crippen molar-refractivity contribution in [2.45, 2.75) is 20.0 Å². The third kappa shape index (κ3) is 5.85. The van der Waals surface area contributed by atoms with Gasteiger partial charge in [0.1, 0.15) is 17.2 Å². The highest BCUT2D eigenvalue weighted by atomic mass is 19.4. The Morgan fingerprint density at radius 3 is 1.22 bits per heavy atom. The average molecular weight is 769 g/mol. The molecule has 0 spiro atoms. The summed E-state index contributed by atoms with van der Waals surface area (Å²) in [7, 11) is 0. The van der Waals surface area contributed by atoms with Crippen molar-refractivity contribution in [2.75, 3.05) is 0 Å². The van der Waals surface area contributed by atoms with E-state index in [2.05, 4.69) is 0 Å². The number of alkyl halides is 3. The van der Waals surface area contributed by atoms with Crippen LogP contribution in [0.3, 0.4) is 0 Å². The molecule has 282 valence electrons. The molecule has 7 heteroatoms. The topological polar surface area (TPSA) is 9.86 Å². The molecule has 2 nitrogen and oxygen atoms in total. The van der Waals surface area contributed by atoms with E-state index in [9.17, 15) is 0 Å². The fourth-order valence-corrected chi connectivity index (χ4v) is 8.61. The number of hydrogen-bond donors (Lipinski definition) is 0. The van der Waals surface area contributed by atoms with Crippen molar-refractivity contribution in [1.29, 1.82) is 0 Å². The van der Waals surface area contributed by atoms with Gasteiger partial charge in [-0.15, -0.1) is 0 Å². The summed E-state index contributed by atoms with van der Waals surface area (Å²) in [6.45, 7) is 3.99. The summed E-state index contributed by atoms with van der Waals surface area (Å²) >= 11 is 0. The average Bonchev–Trinajstić information content (AvgIpc) is 3.71. The molecule has 10 rings (SSSR count). The lowest BCUT2D eigenvalue weighted by molar-refractivity contribution is -0.137. The van der Waals surface area contributed by atoms with Gasteiger partial charge in [-0.05, 0) is 95.8 Å². The Hall–Kier alpha value is -6.99. The molecule has 0 aliphatic heterocycles. The number of nitrogens with zero attached hydrogens (tertiary/aromatic N) is 2. The summed E-state index contributed by atoms with van der Waals surface area (Å²) in [6, 6.07) is 48.3. The molecular weight excluding hydrogens is 736 g/mol. The van der Waals surface area contributed by atoms with E-state index in [4.69, 9.17) is 0 Å². The zero-order valence-electron chi connectivity index (χ0n) is 31.4. The second-order valence-electron chi connectivity index (χ2n) is 15.0. The smallest absolute Gasteiger partial charge is 0.309 e. The molecule has 0 atom stereocenters. The van der Waals surface area contributed by atoms with Crippen LogP contribution < -0.4 is 0 Å². The lowest BCUT2D eigenvalue weighted by atomic mass is 9.98. The largest absolute Gasteiger partial charge is 0.420 e. The molecule has 0 saturated carbocycles. The normalized spacial score (nSPS) is 12.1. The molecule has 0 aliphatic carbocycles. The summed E-state index contributed by atoms with van der Waals surface area (Å²) in [5.74, 6) is -1.67. The van der Waals surface area contributed by atoms with Gasteiger partial charge in [-0.1, -0.05) is 120 Å². The quantitative estimate of drug-likeness (QED) is 0.154. The highest BCUT2D eigenvalue weighted by Crippen LogP contribution is 2.47. The van der Waals surface area contributed by atoms with Crippen molar-refractivity contribution < 1.29 is 22.0 Å².